The van der Waals surface area contributed by atoms with Crippen LogP contribution in [0.3, 0.4) is 0 Å². The minimum atomic E-state index is -0.0733. The van der Waals surface area contributed by atoms with E-state index in [-0.39, 0.29) is 5.38 Å². The number of hydrogen-bond acceptors (Lipinski definition) is 3. The molecule has 1 atom stereocenters. The summed E-state index contributed by atoms with van der Waals surface area (Å²) in [5.41, 5.74) is 1.90. The summed E-state index contributed by atoms with van der Waals surface area (Å²) in [6.45, 7) is 5.29. The summed E-state index contributed by atoms with van der Waals surface area (Å²) < 4.78 is 7.39. The number of benzene rings is 1. The van der Waals surface area contributed by atoms with Gasteiger partial charge < -0.3 is 4.74 Å². The summed E-state index contributed by atoms with van der Waals surface area (Å²) in [5.74, 6) is 0.889. The van der Waals surface area contributed by atoms with E-state index in [0.29, 0.717) is 13.2 Å². The van der Waals surface area contributed by atoms with Crippen molar-refractivity contribution in [2.24, 2.45) is 0 Å². The van der Waals surface area contributed by atoms with Gasteiger partial charge in [-0.15, -0.1) is 16.7 Å². The van der Waals surface area contributed by atoms with E-state index in [4.69, 9.17) is 16.3 Å². The van der Waals surface area contributed by atoms with Crippen molar-refractivity contribution in [1.82, 2.24) is 15.0 Å². The second kappa shape index (κ2) is 6.57. The van der Waals surface area contributed by atoms with E-state index in [0.717, 1.165) is 23.4 Å². The van der Waals surface area contributed by atoms with Gasteiger partial charge in [0.1, 0.15) is 11.4 Å². The third-order valence-electron chi connectivity index (χ3n) is 2.84. The van der Waals surface area contributed by atoms with Crippen molar-refractivity contribution in [2.75, 3.05) is 6.61 Å². The molecule has 0 radical (unpaired) electrons. The average Bonchev–Trinajstić information content (AvgIpc) is 2.89. The van der Waals surface area contributed by atoms with Crippen LogP contribution >= 0.6 is 11.6 Å². The predicted octanol–water partition coefficient (Wildman–Crippen LogP) is 3.42. The van der Waals surface area contributed by atoms with E-state index in [9.17, 15) is 0 Å². The molecule has 0 bridgehead atoms. The third kappa shape index (κ3) is 3.47. The van der Waals surface area contributed by atoms with E-state index < -0.39 is 0 Å². The number of aromatic nitrogens is 3. The maximum absolute atomic E-state index is 6.15. The smallest absolute Gasteiger partial charge is 0.124 e. The molecule has 0 spiro atoms. The summed E-state index contributed by atoms with van der Waals surface area (Å²) >= 11 is 6.15. The molecule has 0 fully saturated rings. The van der Waals surface area contributed by atoms with Gasteiger partial charge >= 0.3 is 0 Å². The average molecular weight is 280 g/mol. The lowest BCUT2D eigenvalue weighted by Crippen LogP contribution is -2.03. The number of ether oxygens (including phenoxy) is 1. The van der Waals surface area contributed by atoms with Gasteiger partial charge in [0.25, 0.3) is 0 Å². The molecule has 1 heterocycles. The molecule has 0 amide bonds. The van der Waals surface area contributed by atoms with Crippen LogP contribution in [0, 0.1) is 0 Å². The van der Waals surface area contributed by atoms with Crippen LogP contribution in [0.25, 0.3) is 0 Å². The number of para-hydroxylation sites is 1. The van der Waals surface area contributed by atoms with Crippen molar-refractivity contribution in [3.8, 4) is 5.75 Å². The van der Waals surface area contributed by atoms with E-state index in [2.05, 4.69) is 10.3 Å². The van der Waals surface area contributed by atoms with Crippen LogP contribution in [0.4, 0.5) is 0 Å². The molecular formula is C14H18ClN3O. The predicted molar refractivity (Wildman–Crippen MR) is 75.6 cm³/mol. The normalized spacial score (nSPS) is 12.4. The minimum Gasteiger partial charge on any atom is -0.494 e. The number of halogens is 1. The van der Waals surface area contributed by atoms with Crippen LogP contribution in [0.1, 0.15) is 36.9 Å². The van der Waals surface area contributed by atoms with Gasteiger partial charge in [-0.1, -0.05) is 30.3 Å². The van der Waals surface area contributed by atoms with Gasteiger partial charge in [0, 0.05) is 5.56 Å². The lowest BCUT2D eigenvalue weighted by molar-refractivity contribution is 0.335. The Morgan fingerprint density at radius 2 is 2.11 bits per heavy atom. The standard InChI is InChI=1S/C14H18ClN3O/c1-3-12(15)13-10-18(17-16-13)9-11-7-5-6-8-14(11)19-4-2/h5-8,10,12H,3-4,9H2,1-2H3. The Hall–Kier alpha value is -1.55. The Labute approximate surface area is 118 Å². The molecule has 102 valence electrons. The maximum atomic E-state index is 6.15. The quantitative estimate of drug-likeness (QED) is 0.761. The first-order valence-electron chi connectivity index (χ1n) is 6.49. The molecule has 0 aliphatic carbocycles. The fourth-order valence-electron chi connectivity index (χ4n) is 1.85. The molecule has 19 heavy (non-hydrogen) atoms. The summed E-state index contributed by atoms with van der Waals surface area (Å²) in [4.78, 5) is 0. The molecule has 1 aromatic carbocycles. The Kier molecular flexibility index (Phi) is 4.80. The van der Waals surface area contributed by atoms with Gasteiger partial charge in [0.05, 0.1) is 24.7 Å². The highest BCUT2D eigenvalue weighted by atomic mass is 35.5. The summed E-state index contributed by atoms with van der Waals surface area (Å²) in [5, 5.41) is 8.13. The van der Waals surface area contributed by atoms with Gasteiger partial charge in [0.15, 0.2) is 0 Å². The molecule has 2 rings (SSSR count). The molecule has 5 heteroatoms. The number of rotatable bonds is 6. The molecule has 2 aromatic rings. The van der Waals surface area contributed by atoms with Gasteiger partial charge in [-0.05, 0) is 19.4 Å². The lowest BCUT2D eigenvalue weighted by Gasteiger charge is -2.09. The zero-order chi connectivity index (χ0) is 13.7. The largest absolute Gasteiger partial charge is 0.494 e. The molecular weight excluding hydrogens is 262 g/mol. The second-order valence-electron chi connectivity index (χ2n) is 4.26. The van der Waals surface area contributed by atoms with Crippen LogP contribution in [0.15, 0.2) is 30.5 Å². The SMILES string of the molecule is CCOc1ccccc1Cn1cc(C(Cl)CC)nn1. The summed E-state index contributed by atoms with van der Waals surface area (Å²) in [6.07, 6.45) is 2.74. The minimum absolute atomic E-state index is 0.0733. The zero-order valence-corrected chi connectivity index (χ0v) is 12.0. The Bertz CT molecular complexity index is 527. The topological polar surface area (TPSA) is 39.9 Å². The highest BCUT2D eigenvalue weighted by Crippen LogP contribution is 2.22. The van der Waals surface area contributed by atoms with Crippen molar-refractivity contribution in [3.05, 3.63) is 41.7 Å². The zero-order valence-electron chi connectivity index (χ0n) is 11.2. The van der Waals surface area contributed by atoms with Crippen molar-refractivity contribution >= 4 is 11.6 Å². The number of alkyl halides is 1. The number of nitrogens with zero attached hydrogens (tertiary/aromatic N) is 3. The lowest BCUT2D eigenvalue weighted by atomic mass is 10.2. The van der Waals surface area contributed by atoms with Crippen LogP contribution in [-0.4, -0.2) is 21.6 Å². The van der Waals surface area contributed by atoms with Crippen LogP contribution in [0.2, 0.25) is 0 Å². The molecule has 1 unspecified atom stereocenters. The Morgan fingerprint density at radius 3 is 2.84 bits per heavy atom. The second-order valence-corrected chi connectivity index (χ2v) is 4.78. The van der Waals surface area contributed by atoms with Gasteiger partial charge in [0.2, 0.25) is 0 Å². The van der Waals surface area contributed by atoms with E-state index in [1.54, 1.807) is 4.68 Å². The highest BCUT2D eigenvalue weighted by Gasteiger charge is 2.11. The van der Waals surface area contributed by atoms with Crippen molar-refractivity contribution in [1.29, 1.82) is 0 Å². The van der Waals surface area contributed by atoms with Crippen LogP contribution in [-0.2, 0) is 6.54 Å². The molecule has 4 nitrogen and oxygen atoms in total. The first-order valence-corrected chi connectivity index (χ1v) is 6.93. The fraction of sp³-hybridized carbons (Fsp3) is 0.429. The van der Waals surface area contributed by atoms with E-state index in [1.165, 1.54) is 0 Å². The summed E-state index contributed by atoms with van der Waals surface area (Å²) in [6, 6.07) is 7.96. The monoisotopic (exact) mass is 279 g/mol. The molecule has 0 saturated carbocycles. The molecule has 0 N–H and O–H groups in total. The first kappa shape index (κ1) is 13.9. The van der Waals surface area contributed by atoms with Gasteiger partial charge in [-0.25, -0.2) is 4.68 Å². The molecule has 0 saturated heterocycles. The maximum Gasteiger partial charge on any atom is 0.124 e. The van der Waals surface area contributed by atoms with Crippen molar-refractivity contribution in [3.63, 3.8) is 0 Å². The van der Waals surface area contributed by atoms with Crippen LogP contribution in [0.5, 0.6) is 5.75 Å². The van der Waals surface area contributed by atoms with Gasteiger partial charge in [-0.3, -0.25) is 0 Å². The third-order valence-corrected chi connectivity index (χ3v) is 3.37. The van der Waals surface area contributed by atoms with E-state index >= 15 is 0 Å². The van der Waals surface area contributed by atoms with Crippen LogP contribution < -0.4 is 4.74 Å². The van der Waals surface area contributed by atoms with E-state index in [1.807, 2.05) is 44.3 Å². The highest BCUT2D eigenvalue weighted by molar-refractivity contribution is 6.20. The number of hydrogen-bond donors (Lipinski definition) is 0. The molecule has 0 aliphatic heterocycles. The fourth-order valence-corrected chi connectivity index (χ4v) is 1.95. The van der Waals surface area contributed by atoms with Gasteiger partial charge in [-0.2, -0.15) is 0 Å². The van der Waals surface area contributed by atoms with Crippen molar-refractivity contribution in [2.45, 2.75) is 32.2 Å². The molecule has 0 aliphatic rings. The Morgan fingerprint density at radius 1 is 1.32 bits per heavy atom. The van der Waals surface area contributed by atoms with Crippen molar-refractivity contribution < 1.29 is 4.74 Å². The summed E-state index contributed by atoms with van der Waals surface area (Å²) in [7, 11) is 0. The molecule has 1 aromatic heterocycles. The first-order chi connectivity index (χ1) is 9.24. The Balaban J connectivity index is 2.14.